The highest BCUT2D eigenvalue weighted by atomic mass is 19.4. The maximum absolute atomic E-state index is 12.5. The van der Waals surface area contributed by atoms with E-state index in [2.05, 4.69) is 5.32 Å². The fourth-order valence-electron chi connectivity index (χ4n) is 1.57. The zero-order chi connectivity index (χ0) is 16.3. The van der Waals surface area contributed by atoms with Crippen molar-refractivity contribution in [1.82, 2.24) is 0 Å². The molecule has 7 heteroatoms. The number of nitriles is 1. The van der Waals surface area contributed by atoms with Crippen molar-refractivity contribution in [3.05, 3.63) is 29.3 Å². The van der Waals surface area contributed by atoms with E-state index in [1.54, 1.807) is 19.9 Å². The number of carbonyl (C=O) groups excluding carboxylic acids is 1. The number of nitrogens with two attached hydrogens (primary N) is 1. The molecule has 3 N–H and O–H groups in total. The van der Waals surface area contributed by atoms with E-state index in [0.29, 0.717) is 12.5 Å². The molecule has 1 rings (SSSR count). The zero-order valence-electron chi connectivity index (χ0n) is 11.7. The van der Waals surface area contributed by atoms with Crippen LogP contribution in [0.1, 0.15) is 37.8 Å². The Labute approximate surface area is 120 Å². The number of alkyl halides is 3. The molecule has 0 aliphatic heterocycles. The Hall–Kier alpha value is -2.07. The lowest BCUT2D eigenvalue weighted by Gasteiger charge is -2.18. The number of amides is 1. The summed E-state index contributed by atoms with van der Waals surface area (Å²) in [6, 6.07) is 4.26. The van der Waals surface area contributed by atoms with Crippen molar-refractivity contribution in [2.75, 3.05) is 5.32 Å². The summed E-state index contributed by atoms with van der Waals surface area (Å²) >= 11 is 0. The van der Waals surface area contributed by atoms with Crippen LogP contribution in [0.15, 0.2) is 18.2 Å². The van der Waals surface area contributed by atoms with Gasteiger partial charge in [-0.15, -0.1) is 0 Å². The molecule has 0 aliphatic rings. The van der Waals surface area contributed by atoms with E-state index in [0.717, 1.165) is 12.1 Å². The summed E-state index contributed by atoms with van der Waals surface area (Å²) in [6.45, 7) is 3.53. The summed E-state index contributed by atoms with van der Waals surface area (Å²) in [7, 11) is 0. The third kappa shape index (κ3) is 5.44. The molecule has 0 fully saturated rings. The summed E-state index contributed by atoms with van der Waals surface area (Å²) in [5.74, 6) is -0.398. The normalized spacial score (nSPS) is 11.9. The molecule has 1 aromatic carbocycles. The van der Waals surface area contributed by atoms with Crippen molar-refractivity contribution >= 4 is 11.6 Å². The first kappa shape index (κ1) is 17.0. The predicted molar refractivity (Wildman–Crippen MR) is 72.3 cm³/mol. The van der Waals surface area contributed by atoms with Gasteiger partial charge in [0.1, 0.15) is 6.07 Å². The Morgan fingerprint density at radius 3 is 2.48 bits per heavy atom. The second-order valence-corrected chi connectivity index (χ2v) is 5.41. The Balaban J connectivity index is 2.85. The minimum absolute atomic E-state index is 0.0605. The average molecular weight is 299 g/mol. The van der Waals surface area contributed by atoms with Crippen LogP contribution in [-0.2, 0) is 11.0 Å². The predicted octanol–water partition coefficient (Wildman–Crippen LogP) is 3.03. The molecule has 4 nitrogen and oxygen atoms in total. The van der Waals surface area contributed by atoms with Crippen molar-refractivity contribution in [1.29, 1.82) is 5.26 Å². The highest BCUT2D eigenvalue weighted by Crippen LogP contribution is 2.31. The van der Waals surface area contributed by atoms with Crippen LogP contribution >= 0.6 is 0 Å². The highest BCUT2D eigenvalue weighted by molar-refractivity contribution is 5.92. The van der Waals surface area contributed by atoms with Gasteiger partial charge in [-0.3, -0.25) is 4.79 Å². The van der Waals surface area contributed by atoms with Crippen LogP contribution in [0.3, 0.4) is 0 Å². The molecule has 0 unspecified atom stereocenters. The summed E-state index contributed by atoms with van der Waals surface area (Å²) in [6.07, 6.45) is -3.99. The van der Waals surface area contributed by atoms with Gasteiger partial charge in [-0.05, 0) is 38.5 Å². The summed E-state index contributed by atoms with van der Waals surface area (Å²) in [5, 5.41) is 11.3. The zero-order valence-corrected chi connectivity index (χ0v) is 11.7. The standard InChI is InChI=1S/C14H16F3N3O/c1-13(2,19)6-5-12(21)20-11-4-3-10(14(15,16)17)7-9(11)8-18/h3-4,7H,5-6,19H2,1-2H3,(H,20,21). The molecule has 0 spiro atoms. The lowest BCUT2D eigenvalue weighted by atomic mass is 10.00. The van der Waals surface area contributed by atoms with Gasteiger partial charge in [-0.25, -0.2) is 0 Å². The van der Waals surface area contributed by atoms with Gasteiger partial charge in [0, 0.05) is 12.0 Å². The number of nitrogens with zero attached hydrogens (tertiary/aromatic N) is 1. The van der Waals surface area contributed by atoms with E-state index in [1.165, 1.54) is 0 Å². The summed E-state index contributed by atoms with van der Waals surface area (Å²) < 4.78 is 37.6. The summed E-state index contributed by atoms with van der Waals surface area (Å²) in [4.78, 5) is 11.7. The molecule has 0 atom stereocenters. The third-order valence-corrected chi connectivity index (χ3v) is 2.74. The number of benzene rings is 1. The van der Waals surface area contributed by atoms with E-state index in [1.807, 2.05) is 0 Å². The Morgan fingerprint density at radius 1 is 1.38 bits per heavy atom. The smallest absolute Gasteiger partial charge is 0.326 e. The third-order valence-electron chi connectivity index (χ3n) is 2.74. The van der Waals surface area contributed by atoms with E-state index in [4.69, 9.17) is 11.0 Å². The lowest BCUT2D eigenvalue weighted by Crippen LogP contribution is -2.33. The van der Waals surface area contributed by atoms with Gasteiger partial charge in [0.15, 0.2) is 0 Å². The van der Waals surface area contributed by atoms with E-state index in [-0.39, 0.29) is 17.7 Å². The van der Waals surface area contributed by atoms with Crippen LogP contribution in [0, 0.1) is 11.3 Å². The van der Waals surface area contributed by atoms with Crippen LogP contribution in [-0.4, -0.2) is 11.4 Å². The number of hydrogen-bond donors (Lipinski definition) is 2. The van der Waals surface area contributed by atoms with Crippen LogP contribution in [0.2, 0.25) is 0 Å². The first-order valence-electron chi connectivity index (χ1n) is 6.23. The summed E-state index contributed by atoms with van der Waals surface area (Å²) in [5.41, 5.74) is 4.12. The molecule has 0 aromatic heterocycles. The van der Waals surface area contributed by atoms with Gasteiger partial charge in [0.2, 0.25) is 5.91 Å². The number of rotatable bonds is 4. The van der Waals surface area contributed by atoms with E-state index in [9.17, 15) is 18.0 Å². The second kappa shape index (κ2) is 6.14. The molecular weight excluding hydrogens is 283 g/mol. The van der Waals surface area contributed by atoms with Gasteiger partial charge in [0.05, 0.1) is 16.8 Å². The van der Waals surface area contributed by atoms with E-state index < -0.39 is 23.2 Å². The lowest BCUT2D eigenvalue weighted by molar-refractivity contribution is -0.137. The van der Waals surface area contributed by atoms with Crippen molar-refractivity contribution in [2.24, 2.45) is 5.73 Å². The molecule has 0 saturated carbocycles. The minimum atomic E-state index is -4.53. The molecule has 0 aliphatic carbocycles. The molecule has 0 saturated heterocycles. The number of halogens is 3. The maximum atomic E-state index is 12.5. The second-order valence-electron chi connectivity index (χ2n) is 5.41. The average Bonchev–Trinajstić information content (AvgIpc) is 2.34. The molecule has 21 heavy (non-hydrogen) atoms. The van der Waals surface area contributed by atoms with Crippen molar-refractivity contribution < 1.29 is 18.0 Å². The van der Waals surface area contributed by atoms with Crippen LogP contribution in [0.25, 0.3) is 0 Å². The van der Waals surface area contributed by atoms with Crippen LogP contribution < -0.4 is 11.1 Å². The van der Waals surface area contributed by atoms with Gasteiger partial charge >= 0.3 is 6.18 Å². The van der Waals surface area contributed by atoms with Crippen molar-refractivity contribution in [2.45, 2.75) is 38.4 Å². The number of carbonyl (C=O) groups is 1. The van der Waals surface area contributed by atoms with Crippen LogP contribution in [0.5, 0.6) is 0 Å². The fraction of sp³-hybridized carbons (Fsp3) is 0.429. The van der Waals surface area contributed by atoms with Crippen LogP contribution in [0.4, 0.5) is 18.9 Å². The SMILES string of the molecule is CC(C)(N)CCC(=O)Nc1ccc(C(F)(F)F)cc1C#N. The molecule has 0 heterocycles. The van der Waals surface area contributed by atoms with Gasteiger partial charge in [-0.1, -0.05) is 0 Å². The number of hydrogen-bond acceptors (Lipinski definition) is 3. The largest absolute Gasteiger partial charge is 0.416 e. The molecule has 0 bridgehead atoms. The quantitative estimate of drug-likeness (QED) is 0.897. The van der Waals surface area contributed by atoms with Gasteiger partial charge < -0.3 is 11.1 Å². The maximum Gasteiger partial charge on any atom is 0.416 e. The minimum Gasteiger partial charge on any atom is -0.326 e. The highest BCUT2D eigenvalue weighted by Gasteiger charge is 2.31. The first-order chi connectivity index (χ1) is 9.53. The monoisotopic (exact) mass is 299 g/mol. The molecule has 114 valence electrons. The fourth-order valence-corrected chi connectivity index (χ4v) is 1.57. The number of nitrogens with one attached hydrogen (secondary N) is 1. The van der Waals surface area contributed by atoms with Crippen molar-refractivity contribution in [3.63, 3.8) is 0 Å². The Bertz CT molecular complexity index is 568. The Morgan fingerprint density at radius 2 is 2.00 bits per heavy atom. The van der Waals surface area contributed by atoms with Crippen molar-refractivity contribution in [3.8, 4) is 6.07 Å². The van der Waals surface area contributed by atoms with Gasteiger partial charge in [-0.2, -0.15) is 18.4 Å². The molecular formula is C14H16F3N3O. The molecule has 0 radical (unpaired) electrons. The van der Waals surface area contributed by atoms with E-state index >= 15 is 0 Å². The molecule has 1 amide bonds. The molecule has 1 aromatic rings. The topological polar surface area (TPSA) is 78.9 Å². The Kier molecular flexibility index (Phi) is 4.97. The number of anilines is 1. The van der Waals surface area contributed by atoms with Gasteiger partial charge in [0.25, 0.3) is 0 Å². The first-order valence-corrected chi connectivity index (χ1v) is 6.23.